The van der Waals surface area contributed by atoms with Crippen molar-refractivity contribution in [2.45, 2.75) is 25.1 Å². The first kappa shape index (κ1) is 19.6. The van der Waals surface area contributed by atoms with Crippen LogP contribution in [0.4, 0.5) is 16.2 Å². The minimum Gasteiger partial charge on any atom is -0.493 e. The number of hydrogen-bond donors (Lipinski definition) is 1. The summed E-state index contributed by atoms with van der Waals surface area (Å²) in [6.07, 6.45) is 0.392. The standard InChI is InChI=1S/C20H21N3O7/c1-20-10-14(13-7-11(23(25)26)5-6-15(13)30-20)21-19(24)22(20)12-8-16(27-2)18(29-4)17(9-12)28-3/h5-9,14H,10H2,1-4H3,(H,21,24). The summed E-state index contributed by atoms with van der Waals surface area (Å²) in [5.74, 6) is 1.69. The van der Waals surface area contributed by atoms with E-state index in [1.54, 1.807) is 25.1 Å². The Kier molecular flexibility index (Phi) is 4.56. The monoisotopic (exact) mass is 415 g/mol. The average molecular weight is 415 g/mol. The van der Waals surface area contributed by atoms with E-state index in [1.165, 1.54) is 38.4 Å². The van der Waals surface area contributed by atoms with Crippen LogP contribution in [-0.4, -0.2) is 38.0 Å². The largest absolute Gasteiger partial charge is 0.493 e. The molecule has 4 rings (SSSR count). The van der Waals surface area contributed by atoms with Gasteiger partial charge in [0.2, 0.25) is 5.75 Å². The number of rotatable bonds is 5. The maximum absolute atomic E-state index is 13.1. The Balaban J connectivity index is 1.80. The molecule has 0 radical (unpaired) electrons. The van der Waals surface area contributed by atoms with Crippen molar-refractivity contribution < 1.29 is 28.7 Å². The number of nitrogens with one attached hydrogen (secondary N) is 1. The topological polar surface area (TPSA) is 112 Å². The number of nitro groups is 1. The van der Waals surface area contributed by atoms with Gasteiger partial charge in [0.15, 0.2) is 17.2 Å². The van der Waals surface area contributed by atoms with E-state index in [2.05, 4.69) is 5.32 Å². The van der Waals surface area contributed by atoms with Crippen LogP contribution in [0.5, 0.6) is 23.0 Å². The third-order valence-corrected chi connectivity index (χ3v) is 5.37. The normalized spacial score (nSPS) is 21.8. The molecule has 2 atom stereocenters. The predicted molar refractivity (Wildman–Crippen MR) is 107 cm³/mol. The number of ether oxygens (including phenoxy) is 4. The molecule has 2 amide bonds. The molecule has 0 saturated carbocycles. The second kappa shape index (κ2) is 6.97. The Labute approximate surface area is 172 Å². The Hall–Kier alpha value is -3.69. The van der Waals surface area contributed by atoms with Gasteiger partial charge in [-0.15, -0.1) is 0 Å². The average Bonchev–Trinajstić information content (AvgIpc) is 2.71. The molecule has 2 aromatic rings. The quantitative estimate of drug-likeness (QED) is 0.588. The van der Waals surface area contributed by atoms with E-state index in [4.69, 9.17) is 18.9 Å². The van der Waals surface area contributed by atoms with E-state index in [0.717, 1.165) is 0 Å². The second-order valence-corrected chi connectivity index (χ2v) is 7.18. The highest BCUT2D eigenvalue weighted by Crippen LogP contribution is 2.49. The Morgan fingerprint density at radius 3 is 2.40 bits per heavy atom. The molecule has 10 heteroatoms. The zero-order valence-electron chi connectivity index (χ0n) is 16.9. The molecule has 158 valence electrons. The number of urea groups is 1. The van der Waals surface area contributed by atoms with Gasteiger partial charge in [-0.1, -0.05) is 0 Å². The summed E-state index contributed by atoms with van der Waals surface area (Å²) in [7, 11) is 4.49. The van der Waals surface area contributed by atoms with Gasteiger partial charge in [0, 0.05) is 36.2 Å². The second-order valence-electron chi connectivity index (χ2n) is 7.18. The van der Waals surface area contributed by atoms with Crippen molar-refractivity contribution in [2.75, 3.05) is 26.2 Å². The van der Waals surface area contributed by atoms with E-state index in [1.807, 2.05) is 0 Å². The number of anilines is 1. The molecular formula is C20H21N3O7. The maximum Gasteiger partial charge on any atom is 0.325 e. The molecule has 1 fully saturated rings. The highest BCUT2D eigenvalue weighted by atomic mass is 16.6. The molecule has 30 heavy (non-hydrogen) atoms. The van der Waals surface area contributed by atoms with Gasteiger partial charge < -0.3 is 24.3 Å². The summed E-state index contributed by atoms with van der Waals surface area (Å²) in [5, 5.41) is 14.1. The van der Waals surface area contributed by atoms with Crippen LogP contribution in [0.1, 0.15) is 24.9 Å². The van der Waals surface area contributed by atoms with Gasteiger partial charge in [0.1, 0.15) is 5.75 Å². The van der Waals surface area contributed by atoms with Gasteiger partial charge in [-0.25, -0.2) is 4.79 Å². The van der Waals surface area contributed by atoms with Crippen LogP contribution >= 0.6 is 0 Å². The zero-order chi connectivity index (χ0) is 21.6. The number of methoxy groups -OCH3 is 3. The molecule has 0 aromatic heterocycles. The Morgan fingerprint density at radius 2 is 1.83 bits per heavy atom. The molecule has 2 bridgehead atoms. The molecule has 2 heterocycles. The Bertz CT molecular complexity index is 1020. The summed E-state index contributed by atoms with van der Waals surface area (Å²) in [6.45, 7) is 1.80. The SMILES string of the molecule is COc1cc(N2C(=O)NC3CC2(C)Oc2ccc([N+](=O)[O-])cc23)cc(OC)c1OC. The number of nitro benzene ring substituents is 1. The number of hydrogen-bond acceptors (Lipinski definition) is 7. The van der Waals surface area contributed by atoms with Crippen molar-refractivity contribution >= 4 is 17.4 Å². The number of carbonyl (C=O) groups is 1. The minimum absolute atomic E-state index is 0.0535. The van der Waals surface area contributed by atoms with Gasteiger partial charge in [0.05, 0.1) is 38.0 Å². The van der Waals surface area contributed by atoms with E-state index in [9.17, 15) is 14.9 Å². The highest BCUT2D eigenvalue weighted by Gasteiger charge is 2.50. The molecule has 2 unspecified atom stereocenters. The molecule has 2 aliphatic rings. The molecule has 2 aliphatic heterocycles. The maximum atomic E-state index is 13.1. The first-order valence-electron chi connectivity index (χ1n) is 9.19. The van der Waals surface area contributed by atoms with Crippen molar-refractivity contribution in [3.63, 3.8) is 0 Å². The lowest BCUT2D eigenvalue weighted by atomic mass is 9.90. The number of benzene rings is 2. The first-order chi connectivity index (χ1) is 14.3. The fourth-order valence-electron chi connectivity index (χ4n) is 4.06. The number of carbonyl (C=O) groups excluding carboxylic acids is 1. The number of nitrogens with zero attached hydrogens (tertiary/aromatic N) is 2. The summed E-state index contributed by atoms with van der Waals surface area (Å²) in [4.78, 5) is 25.2. The summed E-state index contributed by atoms with van der Waals surface area (Å²) in [6, 6.07) is 6.90. The van der Waals surface area contributed by atoms with Crippen LogP contribution in [0.3, 0.4) is 0 Å². The number of amides is 2. The lowest BCUT2D eigenvalue weighted by Crippen LogP contribution is -2.65. The van der Waals surface area contributed by atoms with Crippen molar-refractivity contribution in [3.05, 3.63) is 46.0 Å². The summed E-state index contributed by atoms with van der Waals surface area (Å²) >= 11 is 0. The van der Waals surface area contributed by atoms with Gasteiger partial charge in [-0.3, -0.25) is 15.0 Å². The summed E-state index contributed by atoms with van der Waals surface area (Å²) < 4.78 is 22.4. The predicted octanol–water partition coefficient (Wildman–Crippen LogP) is 3.39. The van der Waals surface area contributed by atoms with Gasteiger partial charge >= 0.3 is 6.03 Å². The molecule has 2 aromatic carbocycles. The van der Waals surface area contributed by atoms with Crippen molar-refractivity contribution in [3.8, 4) is 23.0 Å². The number of non-ortho nitro benzene ring substituents is 1. The third-order valence-electron chi connectivity index (χ3n) is 5.37. The van der Waals surface area contributed by atoms with E-state index in [0.29, 0.717) is 40.7 Å². The first-order valence-corrected chi connectivity index (χ1v) is 9.19. The summed E-state index contributed by atoms with van der Waals surface area (Å²) in [5.41, 5.74) is -0.00376. The molecule has 1 saturated heterocycles. The number of fused-ring (bicyclic) bond motifs is 4. The fourth-order valence-corrected chi connectivity index (χ4v) is 4.06. The van der Waals surface area contributed by atoms with Gasteiger partial charge in [-0.05, 0) is 13.0 Å². The zero-order valence-corrected chi connectivity index (χ0v) is 16.9. The van der Waals surface area contributed by atoms with Crippen LogP contribution < -0.4 is 29.2 Å². The lowest BCUT2D eigenvalue weighted by molar-refractivity contribution is -0.385. The Morgan fingerprint density at radius 1 is 1.17 bits per heavy atom. The molecular weight excluding hydrogens is 394 g/mol. The smallest absolute Gasteiger partial charge is 0.325 e. The van der Waals surface area contributed by atoms with Crippen molar-refractivity contribution in [1.82, 2.24) is 5.32 Å². The fraction of sp³-hybridized carbons (Fsp3) is 0.350. The van der Waals surface area contributed by atoms with Gasteiger partial charge in [0.25, 0.3) is 5.69 Å². The van der Waals surface area contributed by atoms with Crippen molar-refractivity contribution in [2.24, 2.45) is 0 Å². The highest BCUT2D eigenvalue weighted by molar-refractivity contribution is 5.95. The van der Waals surface area contributed by atoms with E-state index >= 15 is 0 Å². The lowest BCUT2D eigenvalue weighted by Gasteiger charge is -2.50. The van der Waals surface area contributed by atoms with Crippen LogP contribution in [0.2, 0.25) is 0 Å². The van der Waals surface area contributed by atoms with E-state index < -0.39 is 22.7 Å². The third kappa shape index (κ3) is 2.92. The van der Waals surface area contributed by atoms with Gasteiger partial charge in [-0.2, -0.15) is 0 Å². The molecule has 0 spiro atoms. The van der Waals surface area contributed by atoms with Crippen LogP contribution in [0.25, 0.3) is 0 Å². The van der Waals surface area contributed by atoms with Crippen LogP contribution in [0, 0.1) is 10.1 Å². The molecule has 0 aliphatic carbocycles. The van der Waals surface area contributed by atoms with Crippen LogP contribution in [-0.2, 0) is 0 Å². The molecule has 1 N–H and O–H groups in total. The van der Waals surface area contributed by atoms with E-state index in [-0.39, 0.29) is 5.69 Å². The molecule has 10 nitrogen and oxygen atoms in total. The van der Waals surface area contributed by atoms with Crippen LogP contribution in [0.15, 0.2) is 30.3 Å². The minimum atomic E-state index is -1.03. The van der Waals surface area contributed by atoms with Crippen molar-refractivity contribution in [1.29, 1.82) is 0 Å².